The first-order valence-corrected chi connectivity index (χ1v) is 13.9. The Morgan fingerprint density at radius 3 is 2.30 bits per heavy atom. The van der Waals surface area contributed by atoms with E-state index in [0.717, 1.165) is 44.9 Å². The lowest BCUT2D eigenvalue weighted by molar-refractivity contribution is -0.154. The van der Waals surface area contributed by atoms with E-state index >= 15 is 0 Å². The topological polar surface area (TPSA) is 57.5 Å². The Kier molecular flexibility index (Phi) is 8.27. The highest BCUT2D eigenvalue weighted by atomic mass is 16.3. The molecule has 33 heavy (non-hydrogen) atoms. The molecule has 0 amide bonds. The maximum atomic E-state index is 14.1. The minimum atomic E-state index is -0.283. The summed E-state index contributed by atoms with van der Waals surface area (Å²) in [7, 11) is 0. The molecule has 0 heterocycles. The summed E-state index contributed by atoms with van der Waals surface area (Å²) in [6.45, 7) is 18.5. The van der Waals surface area contributed by atoms with Crippen LogP contribution in [0.2, 0.25) is 0 Å². The summed E-state index contributed by atoms with van der Waals surface area (Å²) in [4.78, 5) is 14.1. The number of carbonyl (C=O) groups is 1. The smallest absolute Gasteiger partial charge is 0.142 e. The molecule has 3 nitrogen and oxygen atoms in total. The zero-order chi connectivity index (χ0) is 24.7. The van der Waals surface area contributed by atoms with Gasteiger partial charge in [-0.05, 0) is 98.7 Å². The van der Waals surface area contributed by atoms with Gasteiger partial charge in [-0.3, -0.25) is 4.79 Å². The van der Waals surface area contributed by atoms with Crippen molar-refractivity contribution >= 4 is 5.78 Å². The van der Waals surface area contributed by atoms with E-state index < -0.39 is 0 Å². The molecule has 0 radical (unpaired) electrons. The van der Waals surface area contributed by atoms with Crippen LogP contribution in [0.1, 0.15) is 100 Å². The van der Waals surface area contributed by atoms with Gasteiger partial charge in [0, 0.05) is 17.9 Å². The summed E-state index contributed by atoms with van der Waals surface area (Å²) in [5.41, 5.74) is 1.19. The Labute approximate surface area is 203 Å². The Bertz CT molecular complexity index is 726. The molecule has 3 saturated carbocycles. The van der Waals surface area contributed by atoms with E-state index in [1.165, 1.54) is 5.57 Å². The second-order valence-electron chi connectivity index (χ2n) is 13.1. The van der Waals surface area contributed by atoms with E-state index in [0.29, 0.717) is 41.3 Å². The summed E-state index contributed by atoms with van der Waals surface area (Å²) in [6.07, 6.45) is 8.89. The number of rotatable bonds is 7. The van der Waals surface area contributed by atoms with Crippen molar-refractivity contribution in [2.75, 3.05) is 6.61 Å². The molecule has 0 saturated heterocycles. The number of carbonyl (C=O) groups excluding carboxylic acids is 1. The summed E-state index contributed by atoms with van der Waals surface area (Å²) in [5, 5.41) is 20.5. The first-order chi connectivity index (χ1) is 15.4. The largest absolute Gasteiger partial charge is 0.396 e. The van der Waals surface area contributed by atoms with Crippen LogP contribution < -0.4 is 0 Å². The minimum absolute atomic E-state index is 0.00463. The number of fused-ring (bicyclic) bond motifs is 1. The molecule has 3 rings (SSSR count). The fraction of sp³-hybridized carbons (Fsp3) is 0.900. The predicted octanol–water partition coefficient (Wildman–Crippen LogP) is 6.67. The molecule has 0 aromatic rings. The highest BCUT2D eigenvalue weighted by molar-refractivity contribution is 5.88. The maximum Gasteiger partial charge on any atom is 0.142 e. The van der Waals surface area contributed by atoms with Crippen LogP contribution in [0.4, 0.5) is 0 Å². The van der Waals surface area contributed by atoms with E-state index in [9.17, 15) is 15.0 Å². The lowest BCUT2D eigenvalue weighted by Crippen LogP contribution is -2.54. The van der Waals surface area contributed by atoms with Crippen molar-refractivity contribution in [3.8, 4) is 0 Å². The molecule has 0 bridgehead atoms. The van der Waals surface area contributed by atoms with Gasteiger partial charge in [0.15, 0.2) is 0 Å². The van der Waals surface area contributed by atoms with Crippen molar-refractivity contribution in [1.29, 1.82) is 0 Å². The molecule has 0 spiro atoms. The van der Waals surface area contributed by atoms with Gasteiger partial charge >= 0.3 is 0 Å². The third-order valence-corrected chi connectivity index (χ3v) is 11.2. The number of Topliss-reactive ketones (excluding diaryl/α,β-unsaturated/α-hetero) is 1. The zero-order valence-corrected chi connectivity index (χ0v) is 22.7. The maximum absolute atomic E-state index is 14.1. The SMILES string of the molecule is C/C(=C\[C@@H](C)[C@H]1CC[C@@H]([C@@H]2CC[C@H]3[C@H](C)[C@@H](O)CC[C@]3(C)C2=O)[C@]1(C)CCO)[C@H](C)C(C)C. The van der Waals surface area contributed by atoms with Crippen molar-refractivity contribution < 1.29 is 15.0 Å². The average molecular weight is 461 g/mol. The minimum Gasteiger partial charge on any atom is -0.396 e. The summed E-state index contributed by atoms with van der Waals surface area (Å²) in [5.74, 6) is 3.66. The Hall–Kier alpha value is -0.670. The average Bonchev–Trinajstić information content (AvgIpc) is 3.08. The predicted molar refractivity (Wildman–Crippen MR) is 137 cm³/mol. The first-order valence-electron chi connectivity index (χ1n) is 13.9. The van der Waals surface area contributed by atoms with Crippen LogP contribution in [0.5, 0.6) is 0 Å². The molecular formula is C30H52O3. The van der Waals surface area contributed by atoms with Crippen LogP contribution in [0.3, 0.4) is 0 Å². The highest BCUT2D eigenvalue weighted by Gasteiger charge is 2.58. The monoisotopic (exact) mass is 460 g/mol. The van der Waals surface area contributed by atoms with Gasteiger partial charge in [0.05, 0.1) is 6.10 Å². The lowest BCUT2D eigenvalue weighted by Gasteiger charge is -2.53. The molecule has 10 atom stereocenters. The Morgan fingerprint density at radius 1 is 1.06 bits per heavy atom. The van der Waals surface area contributed by atoms with Crippen LogP contribution in [0.25, 0.3) is 0 Å². The standard InChI is InChI=1S/C30H52O3/c1-18(2)21(5)19(3)17-20(4)24-11-12-26(29(24,7)15-16-31)23-9-10-25-22(6)27(32)13-14-30(25,8)28(23)33/h17-18,20-27,31-32H,9-16H2,1-8H3/b19-17+/t20-,21-,22+,23+,24-,25+,26+,27+,29-,30+/m1/s1. The highest BCUT2D eigenvalue weighted by Crippen LogP contribution is 2.61. The van der Waals surface area contributed by atoms with Gasteiger partial charge in [-0.25, -0.2) is 0 Å². The van der Waals surface area contributed by atoms with Crippen molar-refractivity contribution in [3.05, 3.63) is 11.6 Å². The molecule has 0 aromatic heterocycles. The molecule has 2 N–H and O–H groups in total. The van der Waals surface area contributed by atoms with E-state index in [-0.39, 0.29) is 35.4 Å². The van der Waals surface area contributed by atoms with Gasteiger partial charge in [-0.15, -0.1) is 0 Å². The van der Waals surface area contributed by atoms with Crippen molar-refractivity contribution in [2.45, 2.75) is 106 Å². The normalized spacial score (nSPS) is 44.1. The Balaban J connectivity index is 1.85. The number of hydrogen-bond donors (Lipinski definition) is 2. The van der Waals surface area contributed by atoms with Gasteiger partial charge in [0.2, 0.25) is 0 Å². The number of ketones is 1. The quantitative estimate of drug-likeness (QED) is 0.417. The number of hydrogen-bond acceptors (Lipinski definition) is 3. The molecule has 3 aliphatic carbocycles. The molecule has 190 valence electrons. The van der Waals surface area contributed by atoms with Crippen molar-refractivity contribution in [1.82, 2.24) is 0 Å². The van der Waals surface area contributed by atoms with Crippen LogP contribution in [0.15, 0.2) is 11.6 Å². The lowest BCUT2D eigenvalue weighted by atomic mass is 9.50. The molecule has 3 heteroatoms. The molecule has 0 aromatic carbocycles. The van der Waals surface area contributed by atoms with E-state index in [1.54, 1.807) is 0 Å². The second-order valence-corrected chi connectivity index (χ2v) is 13.1. The summed E-state index contributed by atoms with van der Waals surface area (Å²) >= 11 is 0. The number of aliphatic hydroxyl groups excluding tert-OH is 2. The molecule has 0 aliphatic heterocycles. The molecule has 3 aliphatic rings. The first kappa shape index (κ1) is 26.9. The number of aliphatic hydroxyl groups is 2. The number of allylic oxidation sites excluding steroid dienone is 2. The van der Waals surface area contributed by atoms with E-state index in [4.69, 9.17) is 0 Å². The zero-order valence-electron chi connectivity index (χ0n) is 22.7. The van der Waals surface area contributed by atoms with Crippen LogP contribution >= 0.6 is 0 Å². The van der Waals surface area contributed by atoms with E-state index in [2.05, 4.69) is 61.5 Å². The summed E-state index contributed by atoms with van der Waals surface area (Å²) < 4.78 is 0. The molecular weight excluding hydrogens is 408 g/mol. The fourth-order valence-electron chi connectivity index (χ4n) is 8.57. The van der Waals surface area contributed by atoms with Crippen LogP contribution in [-0.2, 0) is 4.79 Å². The second kappa shape index (κ2) is 10.1. The fourth-order valence-corrected chi connectivity index (χ4v) is 8.57. The van der Waals surface area contributed by atoms with Crippen molar-refractivity contribution in [3.63, 3.8) is 0 Å². The van der Waals surface area contributed by atoms with Crippen molar-refractivity contribution in [2.24, 2.45) is 58.2 Å². The van der Waals surface area contributed by atoms with Gasteiger partial charge in [0.25, 0.3) is 0 Å². The third-order valence-electron chi connectivity index (χ3n) is 11.2. The third kappa shape index (κ3) is 4.75. The van der Waals surface area contributed by atoms with Gasteiger partial charge in [-0.1, -0.05) is 60.1 Å². The van der Waals surface area contributed by atoms with Gasteiger partial charge < -0.3 is 10.2 Å². The Morgan fingerprint density at radius 2 is 1.70 bits per heavy atom. The molecule has 0 unspecified atom stereocenters. The van der Waals surface area contributed by atoms with Crippen LogP contribution in [0, 0.1) is 58.2 Å². The van der Waals surface area contributed by atoms with Gasteiger partial charge in [-0.2, -0.15) is 0 Å². The van der Waals surface area contributed by atoms with Crippen LogP contribution in [-0.4, -0.2) is 28.7 Å². The van der Waals surface area contributed by atoms with E-state index in [1.807, 2.05) is 0 Å². The molecule has 3 fully saturated rings. The van der Waals surface area contributed by atoms with Gasteiger partial charge in [0.1, 0.15) is 5.78 Å². The summed E-state index contributed by atoms with van der Waals surface area (Å²) in [6, 6.07) is 0.